The van der Waals surface area contributed by atoms with E-state index in [2.05, 4.69) is 0 Å². The van der Waals surface area contributed by atoms with Crippen LogP contribution in [0.2, 0.25) is 0 Å². The van der Waals surface area contributed by atoms with E-state index < -0.39 is 9.05 Å². The summed E-state index contributed by atoms with van der Waals surface area (Å²) in [7, 11) is -4.61. The van der Waals surface area contributed by atoms with Crippen molar-refractivity contribution in [3.8, 4) is 0 Å². The number of rotatable bonds is 0. The van der Waals surface area contributed by atoms with Gasteiger partial charge in [-0.3, -0.25) is 0 Å². The van der Waals surface area contributed by atoms with Gasteiger partial charge in [0.15, 0.2) is 0 Å². The summed E-state index contributed by atoms with van der Waals surface area (Å²) in [4.78, 5) is 29.3. The summed E-state index contributed by atoms with van der Waals surface area (Å²) < 4.78 is 0. The van der Waals surface area contributed by atoms with Gasteiger partial charge in [0.25, 0.3) is 0 Å². The van der Waals surface area contributed by atoms with E-state index in [9.17, 15) is 0 Å². The Morgan fingerprint density at radius 3 is 0.875 bits per heavy atom. The minimum Gasteiger partial charge on any atom is 0 e. The van der Waals surface area contributed by atoms with Gasteiger partial charge in [0, 0.05) is 18.6 Å². The minimum atomic E-state index is -4.61. The molecule has 0 heterocycles. The average molecular weight is 207 g/mol. The van der Waals surface area contributed by atoms with Crippen molar-refractivity contribution in [2.75, 3.05) is 0 Å². The fraction of sp³-hybridized carbons (Fsp3) is 0. The Labute approximate surface area is 89.0 Å². The fourth-order valence-electron chi connectivity index (χ4n) is 0. The first-order chi connectivity index (χ1) is 2.00. The number of hydrogen-bond donors (Lipinski definition) is 4. The normalized spacial score (nSPS) is 7.50. The zero-order valence-electron chi connectivity index (χ0n) is 3.24. The summed E-state index contributed by atoms with van der Waals surface area (Å²) >= 11 is 0. The van der Waals surface area contributed by atoms with Gasteiger partial charge in [0.1, 0.15) is 0 Å². The molecule has 0 unspecified atom stereocenters. The van der Waals surface area contributed by atoms with Crippen molar-refractivity contribution in [2.24, 2.45) is 0 Å². The molecule has 0 aliphatic heterocycles. The number of hydrogen-bond acceptors (Lipinski definition) is 4. The third-order valence-electron chi connectivity index (χ3n) is 0. The first-order valence-electron chi connectivity index (χ1n) is 0.894. The van der Waals surface area contributed by atoms with Gasteiger partial charge in [0.05, 0.1) is 0 Å². The Balaban J connectivity index is -0.0000000267. The summed E-state index contributed by atoms with van der Waals surface area (Å²) in [5, 5.41) is 0. The SMILES string of the molecule is O.O[Si](O)(O)O.[CaH2].[V]. The van der Waals surface area contributed by atoms with E-state index in [1.165, 1.54) is 0 Å². The standard InChI is InChI=1S/Ca.H4O4Si.H2O.V.2H/c;1-5(2,3)4;;;;/h;1-4H;1H2;;;. The Bertz CT molecular complexity index is 27.9. The van der Waals surface area contributed by atoms with Gasteiger partial charge < -0.3 is 24.7 Å². The zero-order valence-corrected chi connectivity index (χ0v) is 5.63. The molecule has 1 radical (unpaired) electrons. The van der Waals surface area contributed by atoms with Crippen LogP contribution < -0.4 is 0 Å². The molecule has 0 saturated carbocycles. The van der Waals surface area contributed by atoms with Crippen molar-refractivity contribution in [1.82, 2.24) is 0 Å². The van der Waals surface area contributed by atoms with Gasteiger partial charge in [-0.25, -0.2) is 0 Å². The molecule has 0 saturated heterocycles. The smallest absolute Gasteiger partial charge is 0 e. The van der Waals surface area contributed by atoms with Crippen LogP contribution in [0.25, 0.3) is 0 Å². The Kier molecular flexibility index (Phi) is 25.0. The van der Waals surface area contributed by atoms with Crippen LogP contribution in [-0.2, 0) is 18.6 Å². The molecule has 49 valence electrons. The largest absolute Gasteiger partial charge is 0 e. The van der Waals surface area contributed by atoms with Crippen molar-refractivity contribution in [3.05, 3.63) is 0 Å². The van der Waals surface area contributed by atoms with E-state index in [0.717, 1.165) is 0 Å². The second kappa shape index (κ2) is 8.86. The van der Waals surface area contributed by atoms with Crippen LogP contribution in [0, 0.1) is 0 Å². The molecule has 6 N–H and O–H groups in total. The van der Waals surface area contributed by atoms with Crippen LogP contribution in [0.5, 0.6) is 0 Å². The molecule has 0 aromatic heterocycles. The van der Waals surface area contributed by atoms with Crippen molar-refractivity contribution >= 4 is 46.8 Å². The summed E-state index contributed by atoms with van der Waals surface area (Å²) in [5.74, 6) is 0. The molecule has 0 spiro atoms. The third-order valence-corrected chi connectivity index (χ3v) is 0. The first-order valence-corrected chi connectivity index (χ1v) is 2.68. The maximum absolute atomic E-state index is 7.33. The molecule has 8 heteroatoms. The van der Waals surface area contributed by atoms with E-state index in [0.29, 0.717) is 0 Å². The Morgan fingerprint density at radius 1 is 0.875 bits per heavy atom. The predicted octanol–water partition coefficient (Wildman–Crippen LogP) is -4.35. The first kappa shape index (κ1) is 22.5. The van der Waals surface area contributed by atoms with Gasteiger partial charge >= 0.3 is 46.8 Å². The van der Waals surface area contributed by atoms with Crippen molar-refractivity contribution in [3.63, 3.8) is 0 Å². The van der Waals surface area contributed by atoms with E-state index in [1.54, 1.807) is 0 Å². The molecule has 5 nitrogen and oxygen atoms in total. The second-order valence-corrected chi connectivity index (χ2v) is 1.80. The third kappa shape index (κ3) is 107. The van der Waals surface area contributed by atoms with Crippen LogP contribution in [0.1, 0.15) is 0 Å². The van der Waals surface area contributed by atoms with Crippen LogP contribution in [-0.4, -0.2) is 71.4 Å². The maximum atomic E-state index is 7.33. The van der Waals surface area contributed by atoms with Crippen LogP contribution in [0.4, 0.5) is 0 Å². The zero-order chi connectivity index (χ0) is 4.50. The van der Waals surface area contributed by atoms with Gasteiger partial charge in [-0.15, -0.1) is 0 Å². The van der Waals surface area contributed by atoms with Gasteiger partial charge in [-0.2, -0.15) is 0 Å². The molecule has 8 heavy (non-hydrogen) atoms. The molecule has 0 fully saturated rings. The van der Waals surface area contributed by atoms with Gasteiger partial charge in [0.2, 0.25) is 0 Å². The Morgan fingerprint density at radius 2 is 0.875 bits per heavy atom. The molecule has 0 atom stereocenters. The molecule has 0 aliphatic carbocycles. The van der Waals surface area contributed by atoms with E-state index in [-0.39, 0.29) is 61.8 Å². The molecular weight excluding hydrogens is 199 g/mol. The summed E-state index contributed by atoms with van der Waals surface area (Å²) in [6.07, 6.45) is 0. The van der Waals surface area contributed by atoms with Crippen LogP contribution in [0.3, 0.4) is 0 Å². The summed E-state index contributed by atoms with van der Waals surface area (Å²) in [6.45, 7) is 0. The average Bonchev–Trinajstić information content (AvgIpc) is 0.722. The van der Waals surface area contributed by atoms with Crippen molar-refractivity contribution in [2.45, 2.75) is 0 Å². The van der Waals surface area contributed by atoms with Crippen LogP contribution in [0.15, 0.2) is 0 Å². The summed E-state index contributed by atoms with van der Waals surface area (Å²) in [5.41, 5.74) is 0. The summed E-state index contributed by atoms with van der Waals surface area (Å²) in [6, 6.07) is 0. The molecule has 0 aliphatic rings. The predicted molar refractivity (Wildman–Crippen MR) is 26.8 cm³/mol. The topological polar surface area (TPSA) is 112 Å². The molecule has 0 aromatic carbocycles. The van der Waals surface area contributed by atoms with Gasteiger partial charge in [-0.1, -0.05) is 0 Å². The second-order valence-electron chi connectivity index (χ2n) is 0.600. The molecule has 0 amide bonds. The monoisotopic (exact) mass is 207 g/mol. The van der Waals surface area contributed by atoms with Crippen LogP contribution >= 0.6 is 0 Å². The van der Waals surface area contributed by atoms with E-state index in [1.807, 2.05) is 0 Å². The quantitative estimate of drug-likeness (QED) is 0.301. The van der Waals surface area contributed by atoms with Gasteiger partial charge in [-0.05, 0) is 0 Å². The molecular formula is H8CaO5SiV. The molecule has 0 aromatic rings. The van der Waals surface area contributed by atoms with Crippen molar-refractivity contribution < 1.29 is 43.2 Å². The Hall–Kier alpha value is 1.86. The van der Waals surface area contributed by atoms with E-state index >= 15 is 0 Å². The maximum Gasteiger partial charge on any atom is 0 e. The fourth-order valence-corrected chi connectivity index (χ4v) is 0. The minimum absolute atomic E-state index is 0. The molecule has 0 bridgehead atoms. The molecule has 0 rings (SSSR count). The van der Waals surface area contributed by atoms with E-state index in [4.69, 9.17) is 19.2 Å². The van der Waals surface area contributed by atoms with Crippen molar-refractivity contribution in [1.29, 1.82) is 0 Å².